The van der Waals surface area contributed by atoms with Gasteiger partial charge in [-0.3, -0.25) is 0 Å². The van der Waals surface area contributed by atoms with Crippen molar-refractivity contribution in [3.63, 3.8) is 0 Å². The minimum absolute atomic E-state index is 0.170. The predicted molar refractivity (Wildman–Crippen MR) is 121 cm³/mol. The highest BCUT2D eigenvalue weighted by molar-refractivity contribution is 7.89. The molecule has 2 aliphatic heterocycles. The fourth-order valence-corrected chi connectivity index (χ4v) is 5.58. The molecule has 2 saturated heterocycles. The van der Waals surface area contributed by atoms with Crippen molar-refractivity contribution in [3.8, 4) is 5.75 Å². The number of sulfonamides is 1. The van der Waals surface area contributed by atoms with Crippen molar-refractivity contribution in [1.29, 1.82) is 0 Å². The van der Waals surface area contributed by atoms with Gasteiger partial charge in [0.1, 0.15) is 5.75 Å². The van der Waals surface area contributed by atoms with Gasteiger partial charge in [-0.15, -0.1) is 10.2 Å². The Morgan fingerprint density at radius 3 is 1.90 bits per heavy atom. The molecule has 4 rings (SSSR count). The highest BCUT2D eigenvalue weighted by atomic mass is 35.5. The van der Waals surface area contributed by atoms with Crippen molar-refractivity contribution in [1.82, 2.24) is 19.4 Å². The third-order valence-electron chi connectivity index (χ3n) is 5.79. The summed E-state index contributed by atoms with van der Waals surface area (Å²) in [5, 5.41) is 9.07. The number of hydrogen-bond donors (Lipinski definition) is 0. The summed E-state index contributed by atoms with van der Waals surface area (Å²) in [6.07, 6.45) is 0. The van der Waals surface area contributed by atoms with E-state index in [0.29, 0.717) is 31.9 Å². The number of nitrogens with zero attached hydrogens (tertiary/aromatic N) is 6. The van der Waals surface area contributed by atoms with Crippen LogP contribution in [0.2, 0.25) is 5.02 Å². The quantitative estimate of drug-likeness (QED) is 0.654. The number of benzene rings is 1. The molecule has 0 aliphatic carbocycles. The number of methoxy groups -OCH3 is 1. The predicted octanol–water partition coefficient (Wildman–Crippen LogP) is 1.40. The Hall–Kier alpha value is -2.14. The number of likely N-dealkylation sites (N-methyl/N-ethyl adjacent to an activating group) is 1. The summed E-state index contributed by atoms with van der Waals surface area (Å²) in [6, 6.07) is 8.49. The number of anilines is 2. The average molecular weight is 467 g/mol. The fraction of sp³-hybridized carbons (Fsp3) is 0.500. The van der Waals surface area contributed by atoms with E-state index in [4.69, 9.17) is 16.3 Å². The van der Waals surface area contributed by atoms with E-state index in [9.17, 15) is 8.42 Å². The number of aromatic nitrogens is 2. The third kappa shape index (κ3) is 4.72. The van der Waals surface area contributed by atoms with Crippen LogP contribution in [0.3, 0.4) is 0 Å². The molecule has 0 unspecified atom stereocenters. The van der Waals surface area contributed by atoms with Crippen molar-refractivity contribution >= 4 is 33.3 Å². The third-order valence-corrected chi connectivity index (χ3v) is 7.98. The monoisotopic (exact) mass is 466 g/mol. The molecule has 2 aliphatic rings. The number of piperazine rings is 2. The van der Waals surface area contributed by atoms with Gasteiger partial charge in [0.05, 0.1) is 17.0 Å². The van der Waals surface area contributed by atoms with Crippen LogP contribution in [0.1, 0.15) is 0 Å². The summed E-state index contributed by atoms with van der Waals surface area (Å²) in [5.41, 5.74) is 0. The van der Waals surface area contributed by atoms with Gasteiger partial charge in [0.25, 0.3) is 0 Å². The normalized spacial score (nSPS) is 18.9. The summed E-state index contributed by atoms with van der Waals surface area (Å²) in [5.74, 6) is 2.10. The van der Waals surface area contributed by atoms with Gasteiger partial charge >= 0.3 is 0 Å². The summed E-state index contributed by atoms with van der Waals surface area (Å²) >= 11 is 6.12. The van der Waals surface area contributed by atoms with Crippen LogP contribution in [0.4, 0.5) is 11.6 Å². The second-order valence-corrected chi connectivity index (χ2v) is 10.1. The lowest BCUT2D eigenvalue weighted by Crippen LogP contribution is -2.49. The standard InChI is InChI=1S/C20H27ClN6O3S/c1-24-7-9-25(10-8-24)19-5-6-20(23-22-19)26-11-13-27(14-12-26)31(28,29)16-3-4-18(30-2)17(21)15-16/h3-6,15H,7-14H2,1-2H3. The lowest BCUT2D eigenvalue weighted by Gasteiger charge is -2.35. The molecule has 0 N–H and O–H groups in total. The SMILES string of the molecule is COc1ccc(S(=O)(=O)N2CCN(c3ccc(N4CCN(C)CC4)nn3)CC2)cc1Cl. The lowest BCUT2D eigenvalue weighted by molar-refractivity contribution is 0.312. The highest BCUT2D eigenvalue weighted by Crippen LogP contribution is 2.29. The highest BCUT2D eigenvalue weighted by Gasteiger charge is 2.29. The molecular weight excluding hydrogens is 440 g/mol. The van der Waals surface area contributed by atoms with E-state index in [-0.39, 0.29) is 9.92 Å². The van der Waals surface area contributed by atoms with Crippen LogP contribution in [0, 0.1) is 0 Å². The molecule has 168 valence electrons. The minimum atomic E-state index is -3.62. The van der Waals surface area contributed by atoms with Crippen molar-refractivity contribution < 1.29 is 13.2 Å². The molecule has 1 aromatic carbocycles. The maximum atomic E-state index is 13.0. The second-order valence-electron chi connectivity index (χ2n) is 7.73. The van der Waals surface area contributed by atoms with Gasteiger partial charge in [0, 0.05) is 52.4 Å². The first-order chi connectivity index (χ1) is 14.9. The molecule has 3 heterocycles. The molecule has 0 saturated carbocycles. The van der Waals surface area contributed by atoms with Gasteiger partial charge in [-0.05, 0) is 37.4 Å². The maximum Gasteiger partial charge on any atom is 0.243 e. The number of ether oxygens (including phenoxy) is 1. The molecule has 1 aromatic heterocycles. The Morgan fingerprint density at radius 1 is 0.871 bits per heavy atom. The van der Waals surface area contributed by atoms with Crippen LogP contribution in [-0.2, 0) is 10.0 Å². The summed E-state index contributed by atoms with van der Waals surface area (Å²) in [4.78, 5) is 6.77. The Balaban J connectivity index is 1.38. The van der Waals surface area contributed by atoms with Crippen LogP contribution < -0.4 is 14.5 Å². The average Bonchev–Trinajstić information content (AvgIpc) is 2.80. The molecular formula is C20H27ClN6O3S. The molecule has 11 heteroatoms. The first-order valence-corrected chi connectivity index (χ1v) is 12.1. The Kier molecular flexibility index (Phi) is 6.52. The molecule has 0 spiro atoms. The smallest absolute Gasteiger partial charge is 0.243 e. The van der Waals surface area contributed by atoms with E-state index in [0.717, 1.165) is 37.8 Å². The summed E-state index contributed by atoms with van der Waals surface area (Å²) in [7, 11) is -0.00544. The van der Waals surface area contributed by atoms with E-state index in [1.165, 1.54) is 23.5 Å². The minimum Gasteiger partial charge on any atom is -0.495 e. The first-order valence-electron chi connectivity index (χ1n) is 10.2. The lowest BCUT2D eigenvalue weighted by atomic mass is 10.3. The Bertz CT molecular complexity index is 1000. The van der Waals surface area contributed by atoms with E-state index >= 15 is 0 Å². The molecule has 0 radical (unpaired) electrons. The summed E-state index contributed by atoms with van der Waals surface area (Å²) in [6.45, 7) is 5.74. The topological polar surface area (TPSA) is 82.1 Å². The maximum absolute atomic E-state index is 13.0. The number of hydrogen-bond acceptors (Lipinski definition) is 8. The number of rotatable bonds is 5. The van der Waals surface area contributed by atoms with Gasteiger partial charge in [0.15, 0.2) is 11.6 Å². The van der Waals surface area contributed by atoms with E-state index in [2.05, 4.69) is 31.9 Å². The first kappa shape index (κ1) is 22.1. The van der Waals surface area contributed by atoms with Gasteiger partial charge in [-0.2, -0.15) is 4.31 Å². The van der Waals surface area contributed by atoms with Gasteiger partial charge in [-0.25, -0.2) is 8.42 Å². The van der Waals surface area contributed by atoms with Crippen LogP contribution in [0.5, 0.6) is 5.75 Å². The Morgan fingerprint density at radius 2 is 1.42 bits per heavy atom. The Labute approximate surface area is 188 Å². The van der Waals surface area contributed by atoms with E-state index in [1.807, 2.05) is 12.1 Å². The van der Waals surface area contributed by atoms with Crippen molar-refractivity contribution in [2.45, 2.75) is 4.90 Å². The number of halogens is 1. The van der Waals surface area contributed by atoms with Crippen LogP contribution in [0.25, 0.3) is 0 Å². The largest absolute Gasteiger partial charge is 0.495 e. The molecule has 2 aromatic rings. The summed E-state index contributed by atoms with van der Waals surface area (Å²) < 4.78 is 32.6. The van der Waals surface area contributed by atoms with E-state index < -0.39 is 10.0 Å². The van der Waals surface area contributed by atoms with Gasteiger partial charge in [0.2, 0.25) is 10.0 Å². The van der Waals surface area contributed by atoms with Crippen molar-refractivity contribution in [2.24, 2.45) is 0 Å². The molecule has 0 amide bonds. The molecule has 2 fully saturated rings. The molecule has 31 heavy (non-hydrogen) atoms. The zero-order valence-corrected chi connectivity index (χ0v) is 19.3. The molecule has 0 atom stereocenters. The van der Waals surface area contributed by atoms with Crippen molar-refractivity contribution in [3.05, 3.63) is 35.4 Å². The van der Waals surface area contributed by atoms with Gasteiger partial charge < -0.3 is 19.4 Å². The van der Waals surface area contributed by atoms with Crippen molar-refractivity contribution in [2.75, 3.05) is 76.3 Å². The molecule has 9 nitrogen and oxygen atoms in total. The zero-order chi connectivity index (χ0) is 22.0. The van der Waals surface area contributed by atoms with Gasteiger partial charge in [-0.1, -0.05) is 11.6 Å². The molecule has 0 bridgehead atoms. The van der Waals surface area contributed by atoms with E-state index in [1.54, 1.807) is 6.07 Å². The zero-order valence-electron chi connectivity index (χ0n) is 17.7. The fourth-order valence-electron chi connectivity index (χ4n) is 3.81. The van der Waals surface area contributed by atoms with Crippen LogP contribution in [-0.4, -0.2) is 94.3 Å². The second kappa shape index (κ2) is 9.15. The van der Waals surface area contributed by atoms with Crippen LogP contribution in [0.15, 0.2) is 35.2 Å². The van der Waals surface area contributed by atoms with Crippen LogP contribution >= 0.6 is 11.6 Å².